The molecule has 3 N–H and O–H groups in total. The Morgan fingerprint density at radius 2 is 2.04 bits per heavy atom. The lowest BCUT2D eigenvalue weighted by Gasteiger charge is -2.05. The highest BCUT2D eigenvalue weighted by Gasteiger charge is 2.20. The van der Waals surface area contributed by atoms with Crippen LogP contribution in [0.4, 0.5) is 5.69 Å². The van der Waals surface area contributed by atoms with Crippen LogP contribution in [-0.4, -0.2) is 31.4 Å². The summed E-state index contributed by atoms with van der Waals surface area (Å²) in [6, 6.07) is 3.28. The van der Waals surface area contributed by atoms with Gasteiger partial charge in [0.1, 0.15) is 11.5 Å². The first-order valence-electron chi connectivity index (χ1n) is 8.27. The summed E-state index contributed by atoms with van der Waals surface area (Å²) in [4.78, 5) is 24.1. The molecule has 0 radical (unpaired) electrons. The summed E-state index contributed by atoms with van der Waals surface area (Å²) in [7, 11) is 0. The van der Waals surface area contributed by atoms with Gasteiger partial charge in [-0.2, -0.15) is 10.2 Å². The number of hydrogen-bond donors (Lipinski definition) is 2. The van der Waals surface area contributed by atoms with Crippen molar-refractivity contribution in [2.24, 2.45) is 5.73 Å². The molecule has 3 aromatic rings. The first-order chi connectivity index (χ1) is 12.8. The van der Waals surface area contributed by atoms with Crippen molar-refractivity contribution in [3.63, 3.8) is 0 Å². The minimum Gasteiger partial charge on any atom is -0.454 e. The van der Waals surface area contributed by atoms with Crippen molar-refractivity contribution in [1.29, 1.82) is 0 Å². The number of aryl methyl sites for hydroxylation is 2. The molecule has 0 aliphatic carbocycles. The van der Waals surface area contributed by atoms with Crippen molar-refractivity contribution in [2.45, 2.75) is 33.9 Å². The number of carbonyl (C=O) groups is 2. The van der Waals surface area contributed by atoms with Crippen molar-refractivity contribution in [3.8, 4) is 0 Å². The molecule has 0 aliphatic rings. The maximum absolute atomic E-state index is 12.5. The molecule has 0 aromatic carbocycles. The van der Waals surface area contributed by atoms with E-state index in [2.05, 4.69) is 31.4 Å². The monoisotopic (exact) mass is 434 g/mol. The second kappa shape index (κ2) is 7.39. The molecular weight excluding hydrogens is 416 g/mol. The van der Waals surface area contributed by atoms with Gasteiger partial charge in [0.05, 0.1) is 34.3 Å². The molecule has 0 bridgehead atoms. The molecule has 0 saturated carbocycles. The Morgan fingerprint density at radius 3 is 2.63 bits per heavy atom. The molecule has 0 fully saturated rings. The average Bonchev–Trinajstić information content (AvgIpc) is 3.31. The molecule has 3 rings (SSSR count). The number of rotatable bonds is 6. The summed E-state index contributed by atoms with van der Waals surface area (Å²) >= 11 is 3.48. The van der Waals surface area contributed by atoms with Crippen LogP contribution in [0, 0.1) is 13.8 Å². The van der Waals surface area contributed by atoms with Gasteiger partial charge in [-0.3, -0.25) is 19.0 Å². The molecule has 142 valence electrons. The zero-order chi connectivity index (χ0) is 19.7. The van der Waals surface area contributed by atoms with Gasteiger partial charge >= 0.3 is 0 Å². The van der Waals surface area contributed by atoms with Crippen LogP contribution in [-0.2, 0) is 13.1 Å². The second-order valence-corrected chi connectivity index (χ2v) is 6.74. The molecule has 0 aliphatic heterocycles. The van der Waals surface area contributed by atoms with E-state index in [0.29, 0.717) is 18.8 Å². The number of carbonyl (C=O) groups excluding carboxylic acids is 2. The van der Waals surface area contributed by atoms with Gasteiger partial charge in [-0.05, 0) is 48.8 Å². The van der Waals surface area contributed by atoms with Crippen LogP contribution in [0.3, 0.4) is 0 Å². The predicted octanol–water partition coefficient (Wildman–Crippen LogP) is 2.47. The van der Waals surface area contributed by atoms with E-state index in [9.17, 15) is 9.59 Å². The number of amides is 2. The van der Waals surface area contributed by atoms with Crippen LogP contribution in [0.5, 0.6) is 0 Å². The first kappa shape index (κ1) is 18.9. The zero-order valence-corrected chi connectivity index (χ0v) is 16.7. The quantitative estimate of drug-likeness (QED) is 0.616. The summed E-state index contributed by atoms with van der Waals surface area (Å²) < 4.78 is 9.78. The number of nitrogens with one attached hydrogen (secondary N) is 1. The fourth-order valence-corrected chi connectivity index (χ4v) is 3.01. The number of nitrogens with two attached hydrogens (primary N) is 1. The molecule has 0 unspecified atom stereocenters. The molecule has 3 heterocycles. The fourth-order valence-electron chi connectivity index (χ4n) is 2.72. The van der Waals surface area contributed by atoms with Gasteiger partial charge in [0.2, 0.25) is 0 Å². The van der Waals surface area contributed by atoms with Crippen LogP contribution in [0.25, 0.3) is 0 Å². The van der Waals surface area contributed by atoms with Crippen molar-refractivity contribution in [2.75, 3.05) is 5.32 Å². The highest BCUT2D eigenvalue weighted by Crippen LogP contribution is 2.22. The normalized spacial score (nSPS) is 11.0. The summed E-state index contributed by atoms with van der Waals surface area (Å²) in [5.41, 5.74) is 7.61. The van der Waals surface area contributed by atoms with E-state index in [1.54, 1.807) is 16.8 Å². The third-order valence-corrected chi connectivity index (χ3v) is 5.25. The molecule has 0 spiro atoms. The van der Waals surface area contributed by atoms with Crippen LogP contribution >= 0.6 is 15.9 Å². The Morgan fingerprint density at radius 1 is 1.30 bits per heavy atom. The SMILES string of the molecule is CCn1ncc(NC(=O)c2ccc(Cn3nc(C)c(Br)c3C)o2)c1C(N)=O. The van der Waals surface area contributed by atoms with Gasteiger partial charge in [-0.15, -0.1) is 0 Å². The number of furan rings is 1. The Labute approximate surface area is 163 Å². The van der Waals surface area contributed by atoms with Gasteiger partial charge in [-0.1, -0.05) is 0 Å². The van der Waals surface area contributed by atoms with Crippen molar-refractivity contribution >= 4 is 33.4 Å². The molecule has 9 nitrogen and oxygen atoms in total. The van der Waals surface area contributed by atoms with Gasteiger partial charge < -0.3 is 15.5 Å². The van der Waals surface area contributed by atoms with E-state index in [1.807, 2.05) is 20.8 Å². The van der Waals surface area contributed by atoms with Crippen molar-refractivity contribution < 1.29 is 14.0 Å². The summed E-state index contributed by atoms with van der Waals surface area (Å²) in [5.74, 6) is -0.461. The highest BCUT2D eigenvalue weighted by atomic mass is 79.9. The summed E-state index contributed by atoms with van der Waals surface area (Å²) in [5, 5.41) is 11.1. The number of nitrogens with zero attached hydrogens (tertiary/aromatic N) is 4. The van der Waals surface area contributed by atoms with Crippen LogP contribution in [0.15, 0.2) is 27.2 Å². The fraction of sp³-hybridized carbons (Fsp3) is 0.294. The number of anilines is 1. The summed E-state index contributed by atoms with van der Waals surface area (Å²) in [6.07, 6.45) is 1.39. The Bertz CT molecular complexity index is 1020. The van der Waals surface area contributed by atoms with Gasteiger partial charge in [0.15, 0.2) is 5.76 Å². The van der Waals surface area contributed by atoms with Gasteiger partial charge in [0.25, 0.3) is 11.8 Å². The largest absolute Gasteiger partial charge is 0.454 e. The van der Waals surface area contributed by atoms with E-state index in [-0.39, 0.29) is 17.1 Å². The molecule has 2 amide bonds. The number of hydrogen-bond acceptors (Lipinski definition) is 5. The lowest BCUT2D eigenvalue weighted by molar-refractivity contribution is 0.0991. The molecular formula is C17H19BrN6O3. The van der Waals surface area contributed by atoms with E-state index >= 15 is 0 Å². The van der Waals surface area contributed by atoms with E-state index < -0.39 is 11.8 Å². The van der Waals surface area contributed by atoms with Crippen molar-refractivity contribution in [1.82, 2.24) is 19.6 Å². The van der Waals surface area contributed by atoms with E-state index in [0.717, 1.165) is 15.9 Å². The Hall–Kier alpha value is -2.88. The standard InChI is InChI=1S/C17H19BrN6O3/c1-4-23-15(16(19)25)12(7-20-23)21-17(26)13-6-5-11(27-13)8-24-10(3)14(18)9(2)22-24/h5-7H,4,8H2,1-3H3,(H2,19,25)(H,21,26). The Balaban J connectivity index is 1.77. The summed E-state index contributed by atoms with van der Waals surface area (Å²) in [6.45, 7) is 6.52. The second-order valence-electron chi connectivity index (χ2n) is 5.95. The van der Waals surface area contributed by atoms with Crippen LogP contribution in [0.2, 0.25) is 0 Å². The lowest BCUT2D eigenvalue weighted by atomic mass is 10.3. The van der Waals surface area contributed by atoms with E-state index in [4.69, 9.17) is 10.2 Å². The molecule has 27 heavy (non-hydrogen) atoms. The zero-order valence-electron chi connectivity index (χ0n) is 15.1. The maximum atomic E-state index is 12.5. The van der Waals surface area contributed by atoms with Gasteiger partial charge in [-0.25, -0.2) is 0 Å². The number of halogens is 1. The van der Waals surface area contributed by atoms with Crippen molar-refractivity contribution in [3.05, 3.63) is 51.4 Å². The molecule has 0 atom stereocenters. The average molecular weight is 435 g/mol. The number of primary amides is 1. The topological polar surface area (TPSA) is 121 Å². The maximum Gasteiger partial charge on any atom is 0.291 e. The third kappa shape index (κ3) is 3.65. The van der Waals surface area contributed by atoms with E-state index in [1.165, 1.54) is 10.9 Å². The van der Waals surface area contributed by atoms with Crippen LogP contribution < -0.4 is 11.1 Å². The lowest BCUT2D eigenvalue weighted by Crippen LogP contribution is -2.20. The van der Waals surface area contributed by atoms with Gasteiger partial charge in [0, 0.05) is 6.54 Å². The minimum absolute atomic E-state index is 0.116. The highest BCUT2D eigenvalue weighted by molar-refractivity contribution is 9.10. The smallest absolute Gasteiger partial charge is 0.291 e. The predicted molar refractivity (Wildman–Crippen MR) is 102 cm³/mol. The minimum atomic E-state index is -0.667. The molecule has 0 saturated heterocycles. The number of aromatic nitrogens is 4. The first-order valence-corrected chi connectivity index (χ1v) is 9.06. The Kier molecular flexibility index (Phi) is 5.17. The van der Waals surface area contributed by atoms with Crippen LogP contribution in [0.1, 0.15) is 45.1 Å². The third-order valence-electron chi connectivity index (χ3n) is 4.10. The molecule has 10 heteroatoms. The molecule has 3 aromatic heterocycles.